The molecular weight excluding hydrogens is 419 g/mol. The standard InChI is InChI=1S/C23H24ClFN4O2/c1-14-28(11-10-27(2)3)22(23(30)31)20-13-26-21(16-6-4-5-7-18(16)25)17-12-15(24)8-9-19(17)29(14)20/h4-9,12,14H,10-11,13H2,1-3H3,(H,30,31). The Hall–Kier alpha value is -2.90. The van der Waals surface area contributed by atoms with Crippen LogP contribution in [0.1, 0.15) is 18.1 Å². The molecule has 2 aliphatic heterocycles. The minimum Gasteiger partial charge on any atom is -0.477 e. The topological polar surface area (TPSA) is 59.4 Å². The molecule has 1 atom stereocenters. The van der Waals surface area contributed by atoms with Crippen molar-refractivity contribution in [2.24, 2.45) is 4.99 Å². The van der Waals surface area contributed by atoms with Crippen molar-refractivity contribution in [3.63, 3.8) is 0 Å². The number of anilines is 1. The fourth-order valence-corrected chi connectivity index (χ4v) is 4.38. The maximum atomic E-state index is 14.7. The normalized spacial score (nSPS) is 18.1. The maximum Gasteiger partial charge on any atom is 0.354 e. The molecular formula is C23H24ClFN4O2. The lowest BCUT2D eigenvalue weighted by molar-refractivity contribution is -0.134. The van der Waals surface area contributed by atoms with E-state index in [1.165, 1.54) is 6.07 Å². The molecule has 2 heterocycles. The van der Waals surface area contributed by atoms with Crippen molar-refractivity contribution < 1.29 is 14.3 Å². The number of rotatable bonds is 5. The SMILES string of the molecule is CC1N(CCN(C)C)C(C(=O)O)=C2CN=C(c3ccccc3F)c3cc(Cl)ccc3N21. The number of likely N-dealkylation sites (N-methyl/N-ethyl adjacent to an activating group) is 1. The van der Waals surface area contributed by atoms with E-state index in [1.807, 2.05) is 41.8 Å². The van der Waals surface area contributed by atoms with Gasteiger partial charge in [-0.05, 0) is 51.4 Å². The molecule has 1 unspecified atom stereocenters. The lowest BCUT2D eigenvalue weighted by atomic mass is 9.99. The van der Waals surface area contributed by atoms with Crippen LogP contribution in [-0.2, 0) is 4.79 Å². The Balaban J connectivity index is 1.91. The van der Waals surface area contributed by atoms with E-state index in [4.69, 9.17) is 16.6 Å². The summed E-state index contributed by atoms with van der Waals surface area (Å²) in [5, 5.41) is 10.6. The summed E-state index contributed by atoms with van der Waals surface area (Å²) in [5.74, 6) is -1.38. The fraction of sp³-hybridized carbons (Fsp3) is 0.304. The Kier molecular flexibility index (Phi) is 5.73. The van der Waals surface area contributed by atoms with E-state index >= 15 is 0 Å². The zero-order valence-electron chi connectivity index (χ0n) is 17.6. The van der Waals surface area contributed by atoms with Crippen LogP contribution in [0.25, 0.3) is 0 Å². The van der Waals surface area contributed by atoms with Gasteiger partial charge in [0.2, 0.25) is 0 Å². The molecule has 0 fully saturated rings. The highest BCUT2D eigenvalue weighted by molar-refractivity contribution is 6.31. The molecule has 1 N–H and O–H groups in total. The third-order valence-electron chi connectivity index (χ3n) is 5.66. The van der Waals surface area contributed by atoms with E-state index in [1.54, 1.807) is 30.3 Å². The van der Waals surface area contributed by atoms with E-state index in [2.05, 4.69) is 0 Å². The molecule has 2 aromatic rings. The van der Waals surface area contributed by atoms with Gasteiger partial charge in [0.25, 0.3) is 0 Å². The lowest BCUT2D eigenvalue weighted by Crippen LogP contribution is -2.42. The summed E-state index contributed by atoms with van der Waals surface area (Å²) in [6.07, 6.45) is -0.240. The lowest BCUT2D eigenvalue weighted by Gasteiger charge is -2.33. The smallest absolute Gasteiger partial charge is 0.354 e. The molecule has 2 aliphatic rings. The summed E-state index contributed by atoms with van der Waals surface area (Å²) in [5.41, 5.74) is 3.09. The average molecular weight is 443 g/mol. The van der Waals surface area contributed by atoms with Gasteiger partial charge in [-0.15, -0.1) is 0 Å². The quantitative estimate of drug-likeness (QED) is 0.765. The van der Waals surface area contributed by atoms with Crippen LogP contribution in [0, 0.1) is 5.82 Å². The molecule has 2 aromatic carbocycles. The third-order valence-corrected chi connectivity index (χ3v) is 5.89. The van der Waals surface area contributed by atoms with Crippen LogP contribution in [0.2, 0.25) is 5.02 Å². The van der Waals surface area contributed by atoms with Crippen LogP contribution in [0.5, 0.6) is 0 Å². The second-order valence-corrected chi connectivity index (χ2v) is 8.34. The molecule has 4 rings (SSSR count). The van der Waals surface area contributed by atoms with Gasteiger partial charge in [-0.1, -0.05) is 23.7 Å². The number of aliphatic carboxylic acids is 1. The summed E-state index contributed by atoms with van der Waals surface area (Å²) in [4.78, 5) is 22.9. The molecule has 0 spiro atoms. The maximum absolute atomic E-state index is 14.7. The Morgan fingerprint density at radius 2 is 2.00 bits per heavy atom. The van der Waals surface area contributed by atoms with Gasteiger partial charge in [0.1, 0.15) is 17.7 Å². The monoisotopic (exact) mass is 442 g/mol. The van der Waals surface area contributed by atoms with Gasteiger partial charge < -0.3 is 19.8 Å². The molecule has 8 heteroatoms. The summed E-state index contributed by atoms with van der Waals surface area (Å²) < 4.78 is 14.7. The summed E-state index contributed by atoms with van der Waals surface area (Å²) in [7, 11) is 3.91. The zero-order chi connectivity index (χ0) is 22.3. The summed E-state index contributed by atoms with van der Waals surface area (Å²) >= 11 is 6.30. The minimum atomic E-state index is -0.997. The fourth-order valence-electron chi connectivity index (χ4n) is 4.21. The number of fused-ring (bicyclic) bond motifs is 3. The largest absolute Gasteiger partial charge is 0.477 e. The van der Waals surface area contributed by atoms with E-state index in [0.29, 0.717) is 40.6 Å². The van der Waals surface area contributed by atoms with Gasteiger partial charge in [0, 0.05) is 29.2 Å². The van der Waals surface area contributed by atoms with Gasteiger partial charge in [0.05, 0.1) is 23.6 Å². The summed E-state index contributed by atoms with van der Waals surface area (Å²) in [6.45, 7) is 3.36. The highest BCUT2D eigenvalue weighted by Crippen LogP contribution is 2.40. The summed E-state index contributed by atoms with van der Waals surface area (Å²) in [6, 6.07) is 11.8. The first-order valence-corrected chi connectivity index (χ1v) is 10.4. The Labute approximate surface area is 185 Å². The van der Waals surface area contributed by atoms with E-state index in [-0.39, 0.29) is 24.2 Å². The Bertz CT molecular complexity index is 1100. The van der Waals surface area contributed by atoms with Crippen LogP contribution in [0.4, 0.5) is 10.1 Å². The van der Waals surface area contributed by atoms with Crippen LogP contribution in [0.15, 0.2) is 58.9 Å². The molecule has 6 nitrogen and oxygen atoms in total. The first-order chi connectivity index (χ1) is 14.8. The minimum absolute atomic E-state index is 0.125. The number of carbonyl (C=O) groups is 1. The van der Waals surface area contributed by atoms with Gasteiger partial charge in [-0.25, -0.2) is 9.18 Å². The highest BCUT2D eigenvalue weighted by atomic mass is 35.5. The first-order valence-electron chi connectivity index (χ1n) is 10.1. The Morgan fingerprint density at radius 1 is 1.26 bits per heavy atom. The van der Waals surface area contributed by atoms with Crippen LogP contribution < -0.4 is 4.90 Å². The van der Waals surface area contributed by atoms with E-state index in [9.17, 15) is 14.3 Å². The van der Waals surface area contributed by atoms with Crippen LogP contribution in [-0.4, -0.2) is 66.5 Å². The molecule has 0 saturated heterocycles. The second-order valence-electron chi connectivity index (χ2n) is 7.91. The predicted octanol–water partition coefficient (Wildman–Crippen LogP) is 3.66. The van der Waals surface area contributed by atoms with Gasteiger partial charge in [-0.2, -0.15) is 0 Å². The molecule has 0 aromatic heterocycles. The number of carboxylic acids is 1. The van der Waals surface area contributed by atoms with E-state index in [0.717, 1.165) is 5.69 Å². The molecule has 0 aliphatic carbocycles. The molecule has 0 bridgehead atoms. The van der Waals surface area contributed by atoms with Crippen LogP contribution in [0.3, 0.4) is 0 Å². The molecule has 31 heavy (non-hydrogen) atoms. The number of aliphatic imine (C=N–C) groups is 1. The molecule has 162 valence electrons. The van der Waals surface area contributed by atoms with Crippen molar-refractivity contribution in [2.75, 3.05) is 38.6 Å². The van der Waals surface area contributed by atoms with Crippen molar-refractivity contribution in [3.05, 3.63) is 75.8 Å². The second kappa shape index (κ2) is 8.32. The number of carboxylic acid groups (broad SMARTS) is 1. The van der Waals surface area contributed by atoms with Gasteiger partial charge in [-0.3, -0.25) is 4.99 Å². The Morgan fingerprint density at radius 3 is 2.68 bits per heavy atom. The zero-order valence-corrected chi connectivity index (χ0v) is 18.4. The molecule has 0 radical (unpaired) electrons. The van der Waals surface area contributed by atoms with Crippen LogP contribution >= 0.6 is 11.6 Å². The number of nitrogens with zero attached hydrogens (tertiary/aromatic N) is 4. The number of benzene rings is 2. The van der Waals surface area contributed by atoms with E-state index < -0.39 is 5.97 Å². The van der Waals surface area contributed by atoms with Crippen molar-refractivity contribution in [2.45, 2.75) is 13.1 Å². The van der Waals surface area contributed by atoms with Crippen molar-refractivity contribution in [1.82, 2.24) is 9.80 Å². The molecule has 0 amide bonds. The van der Waals surface area contributed by atoms with Crippen molar-refractivity contribution in [1.29, 1.82) is 0 Å². The number of halogens is 2. The number of hydrogen-bond acceptors (Lipinski definition) is 5. The average Bonchev–Trinajstić information content (AvgIpc) is 2.89. The van der Waals surface area contributed by atoms with Gasteiger partial charge in [0.15, 0.2) is 0 Å². The number of hydrogen-bond donors (Lipinski definition) is 1. The highest BCUT2D eigenvalue weighted by Gasteiger charge is 2.41. The molecule has 0 saturated carbocycles. The third kappa shape index (κ3) is 3.79. The van der Waals surface area contributed by atoms with Crippen molar-refractivity contribution >= 4 is 29.0 Å². The predicted molar refractivity (Wildman–Crippen MR) is 120 cm³/mol. The first kappa shape index (κ1) is 21.3. The van der Waals surface area contributed by atoms with Gasteiger partial charge >= 0.3 is 5.97 Å². The van der Waals surface area contributed by atoms with Crippen molar-refractivity contribution in [3.8, 4) is 0 Å².